The van der Waals surface area contributed by atoms with Crippen molar-refractivity contribution in [3.8, 4) is 5.75 Å². The second kappa shape index (κ2) is 8.49. The third-order valence-electron chi connectivity index (χ3n) is 7.64. The Labute approximate surface area is 199 Å². The predicted octanol–water partition coefficient (Wildman–Crippen LogP) is 5.31. The molecule has 1 atom stereocenters. The minimum Gasteiger partial charge on any atom is -0.490 e. The number of nitrogens with zero attached hydrogens (tertiary/aromatic N) is 1. The molecule has 5 fully saturated rings. The van der Waals surface area contributed by atoms with Crippen molar-refractivity contribution in [1.29, 1.82) is 0 Å². The highest BCUT2D eigenvalue weighted by Crippen LogP contribution is 2.60. The van der Waals surface area contributed by atoms with Gasteiger partial charge in [-0.15, -0.1) is 0 Å². The molecule has 1 aliphatic heterocycles. The maximum atomic E-state index is 13.4. The van der Waals surface area contributed by atoms with Gasteiger partial charge < -0.3 is 4.74 Å². The molecule has 0 radical (unpaired) electrons. The van der Waals surface area contributed by atoms with Gasteiger partial charge in [0.25, 0.3) is 5.91 Å². The second-order valence-corrected chi connectivity index (χ2v) is 11.7. The Morgan fingerprint density at radius 3 is 2.50 bits per heavy atom. The van der Waals surface area contributed by atoms with Crippen LogP contribution in [0.5, 0.6) is 5.75 Å². The standard InChI is InChI=1S/C25H30N2O3S2/c1-3-15(2)30-20-7-5-4-6-19(20)11-21-22(28)27(24(31)32-21)26-23(29)25-12-16-8-17(13-25)10-18(9-16)14-25/h4-7,11,15-18H,3,8-10,12-14H2,1-2H3,(H,26,29)/b21-11+. The number of hydrogen-bond donors (Lipinski definition) is 1. The van der Waals surface area contributed by atoms with E-state index in [1.165, 1.54) is 36.0 Å². The molecule has 32 heavy (non-hydrogen) atoms. The van der Waals surface area contributed by atoms with Crippen molar-refractivity contribution in [2.45, 2.75) is 64.9 Å². The van der Waals surface area contributed by atoms with Crippen molar-refractivity contribution >= 4 is 46.2 Å². The maximum Gasteiger partial charge on any atom is 0.285 e. The highest BCUT2D eigenvalue weighted by Gasteiger charge is 2.55. The van der Waals surface area contributed by atoms with Crippen LogP contribution in [-0.4, -0.2) is 27.2 Å². The normalized spacial score (nSPS) is 33.1. The number of nitrogens with one attached hydrogen (secondary N) is 1. The summed E-state index contributed by atoms with van der Waals surface area (Å²) in [5.41, 5.74) is 3.43. The number of carbonyl (C=O) groups is 2. The molecule has 1 heterocycles. The summed E-state index contributed by atoms with van der Waals surface area (Å²) < 4.78 is 6.39. The molecule has 1 aromatic carbocycles. The SMILES string of the molecule is CCC(C)Oc1ccccc1/C=C1/SC(=S)N(NC(=O)C23CC4CC(CC(C4)C2)C3)C1=O. The zero-order valence-corrected chi connectivity index (χ0v) is 20.3. The van der Waals surface area contributed by atoms with E-state index in [1.807, 2.05) is 37.3 Å². The molecule has 4 bridgehead atoms. The first kappa shape index (κ1) is 22.0. The molecule has 1 N–H and O–H groups in total. The number of hydrazine groups is 1. The minimum atomic E-state index is -0.321. The Morgan fingerprint density at radius 2 is 1.88 bits per heavy atom. The fraction of sp³-hybridized carbons (Fsp3) is 0.560. The zero-order valence-electron chi connectivity index (χ0n) is 18.6. The predicted molar refractivity (Wildman–Crippen MR) is 131 cm³/mol. The van der Waals surface area contributed by atoms with E-state index < -0.39 is 0 Å². The van der Waals surface area contributed by atoms with Crippen molar-refractivity contribution in [3.05, 3.63) is 34.7 Å². The van der Waals surface area contributed by atoms with Gasteiger partial charge in [0, 0.05) is 5.56 Å². The van der Waals surface area contributed by atoms with E-state index in [1.54, 1.807) is 0 Å². The van der Waals surface area contributed by atoms with Gasteiger partial charge in [0.2, 0.25) is 5.91 Å². The maximum absolute atomic E-state index is 13.4. The van der Waals surface area contributed by atoms with Crippen LogP contribution in [-0.2, 0) is 9.59 Å². The first-order valence-corrected chi connectivity index (χ1v) is 12.9. The van der Waals surface area contributed by atoms with E-state index in [0.29, 0.717) is 27.0 Å². The largest absolute Gasteiger partial charge is 0.490 e. The van der Waals surface area contributed by atoms with E-state index in [-0.39, 0.29) is 23.3 Å². The lowest BCUT2D eigenvalue weighted by molar-refractivity contribution is -0.152. The lowest BCUT2D eigenvalue weighted by atomic mass is 9.49. The van der Waals surface area contributed by atoms with Crippen molar-refractivity contribution in [2.75, 3.05) is 0 Å². The van der Waals surface area contributed by atoms with Gasteiger partial charge in [0.05, 0.1) is 16.4 Å². The summed E-state index contributed by atoms with van der Waals surface area (Å²) in [4.78, 5) is 27.1. The van der Waals surface area contributed by atoms with Crippen LogP contribution >= 0.6 is 24.0 Å². The van der Waals surface area contributed by atoms with Crippen molar-refractivity contribution in [3.63, 3.8) is 0 Å². The van der Waals surface area contributed by atoms with Gasteiger partial charge in [-0.05, 0) is 94.0 Å². The third kappa shape index (κ3) is 3.98. The molecule has 5 aliphatic rings. The Hall–Kier alpha value is -1.86. The van der Waals surface area contributed by atoms with Crippen LogP contribution < -0.4 is 10.2 Å². The molecule has 2 amide bonds. The molecule has 1 unspecified atom stereocenters. The summed E-state index contributed by atoms with van der Waals surface area (Å²) in [7, 11) is 0. The molecule has 4 aliphatic carbocycles. The molecule has 0 aromatic heterocycles. The van der Waals surface area contributed by atoms with Gasteiger partial charge in [0.15, 0.2) is 4.32 Å². The van der Waals surface area contributed by atoms with E-state index in [4.69, 9.17) is 17.0 Å². The Bertz CT molecular complexity index is 954. The quantitative estimate of drug-likeness (QED) is 0.451. The smallest absolute Gasteiger partial charge is 0.285 e. The highest BCUT2D eigenvalue weighted by molar-refractivity contribution is 8.26. The molecule has 0 spiro atoms. The van der Waals surface area contributed by atoms with Gasteiger partial charge in [-0.1, -0.05) is 36.9 Å². The molecule has 1 saturated heterocycles. The first-order valence-electron chi connectivity index (χ1n) is 11.7. The number of ether oxygens (including phenoxy) is 1. The van der Waals surface area contributed by atoms with E-state index >= 15 is 0 Å². The van der Waals surface area contributed by atoms with Gasteiger partial charge >= 0.3 is 0 Å². The molecular formula is C25H30N2O3S2. The molecule has 7 heteroatoms. The number of carbonyl (C=O) groups excluding carboxylic acids is 2. The monoisotopic (exact) mass is 470 g/mol. The summed E-state index contributed by atoms with van der Waals surface area (Å²) in [6, 6.07) is 7.68. The van der Waals surface area contributed by atoms with Gasteiger partial charge in [0.1, 0.15) is 5.75 Å². The molecule has 5 nitrogen and oxygen atoms in total. The van der Waals surface area contributed by atoms with Crippen molar-refractivity contribution in [1.82, 2.24) is 10.4 Å². The number of thiocarbonyl (C=S) groups is 1. The van der Waals surface area contributed by atoms with Gasteiger partial charge in [-0.2, -0.15) is 5.01 Å². The van der Waals surface area contributed by atoms with Gasteiger partial charge in [-0.25, -0.2) is 0 Å². The number of hydrogen-bond acceptors (Lipinski definition) is 5. The summed E-state index contributed by atoms with van der Waals surface area (Å²) in [6.45, 7) is 4.10. The summed E-state index contributed by atoms with van der Waals surface area (Å²) in [5.74, 6) is 2.45. The lowest BCUT2D eigenvalue weighted by Gasteiger charge is -2.55. The molecule has 6 rings (SSSR count). The van der Waals surface area contributed by atoms with Crippen molar-refractivity contribution in [2.24, 2.45) is 23.2 Å². The van der Waals surface area contributed by atoms with Crippen LogP contribution in [0.1, 0.15) is 64.4 Å². The fourth-order valence-electron chi connectivity index (χ4n) is 6.32. The number of amides is 2. The summed E-state index contributed by atoms with van der Waals surface area (Å²) >= 11 is 6.70. The van der Waals surface area contributed by atoms with Crippen LogP contribution in [0.2, 0.25) is 0 Å². The molecular weight excluding hydrogens is 440 g/mol. The van der Waals surface area contributed by atoms with Crippen LogP contribution in [0.15, 0.2) is 29.2 Å². The van der Waals surface area contributed by atoms with Crippen LogP contribution in [0.25, 0.3) is 6.08 Å². The lowest BCUT2D eigenvalue weighted by Crippen LogP contribution is -2.57. The minimum absolute atomic E-state index is 0.0188. The van der Waals surface area contributed by atoms with E-state index in [0.717, 1.165) is 37.0 Å². The molecule has 4 saturated carbocycles. The Balaban J connectivity index is 1.32. The van der Waals surface area contributed by atoms with E-state index in [9.17, 15) is 9.59 Å². The third-order valence-corrected chi connectivity index (χ3v) is 8.94. The number of rotatable bonds is 6. The van der Waals surface area contributed by atoms with Gasteiger partial charge in [-0.3, -0.25) is 15.0 Å². The average Bonchev–Trinajstić information content (AvgIpc) is 3.01. The van der Waals surface area contributed by atoms with Crippen LogP contribution in [0.3, 0.4) is 0 Å². The average molecular weight is 471 g/mol. The Kier molecular flexibility index (Phi) is 5.82. The zero-order chi connectivity index (χ0) is 22.5. The number of benzene rings is 1. The van der Waals surface area contributed by atoms with Crippen molar-refractivity contribution < 1.29 is 14.3 Å². The first-order chi connectivity index (χ1) is 15.4. The summed E-state index contributed by atoms with van der Waals surface area (Å²) in [6.07, 6.45) is 9.47. The topological polar surface area (TPSA) is 58.6 Å². The number of para-hydroxylation sites is 1. The summed E-state index contributed by atoms with van der Waals surface area (Å²) in [5, 5.41) is 1.28. The van der Waals surface area contributed by atoms with Crippen LogP contribution in [0.4, 0.5) is 0 Å². The molecule has 170 valence electrons. The second-order valence-electron chi connectivity index (χ2n) is 10.0. The fourth-order valence-corrected chi connectivity index (χ4v) is 7.49. The Morgan fingerprint density at radius 1 is 1.25 bits per heavy atom. The number of thioether (sulfide) groups is 1. The highest BCUT2D eigenvalue weighted by atomic mass is 32.2. The van der Waals surface area contributed by atoms with E-state index in [2.05, 4.69) is 12.3 Å². The molecule has 1 aromatic rings. The van der Waals surface area contributed by atoms with Crippen LogP contribution in [0, 0.1) is 23.2 Å².